The molecule has 7 nitrogen and oxygen atoms in total. The molecule has 0 bridgehead atoms. The number of nitrogens with zero attached hydrogens (tertiary/aromatic N) is 2. The van der Waals surface area contributed by atoms with Crippen LogP contribution in [0, 0.1) is 17.0 Å². The number of fused-ring (bicyclic) bond motifs is 1. The first-order valence-electron chi connectivity index (χ1n) is 7.64. The zero-order valence-corrected chi connectivity index (χ0v) is 14.7. The van der Waals surface area contributed by atoms with Gasteiger partial charge in [0.2, 0.25) is 0 Å². The third-order valence-corrected chi connectivity index (χ3v) is 5.91. The third kappa shape index (κ3) is 3.29. The molecule has 0 radical (unpaired) electrons. The molecule has 0 aliphatic carbocycles. The first-order chi connectivity index (χ1) is 12.5. The van der Waals surface area contributed by atoms with Crippen molar-refractivity contribution >= 4 is 21.4 Å². The largest absolute Gasteiger partial charge is 0.489 e. The summed E-state index contributed by atoms with van der Waals surface area (Å²) in [6.07, 6.45) is -4.71. The number of sulfonamides is 1. The smallest absolute Gasteiger partial charge is 0.416 e. The van der Waals surface area contributed by atoms with Crippen molar-refractivity contribution in [1.29, 1.82) is 0 Å². The number of ether oxygens (including phenoxy) is 1. The Labute approximate surface area is 152 Å². The van der Waals surface area contributed by atoms with Crippen molar-refractivity contribution in [3.63, 3.8) is 0 Å². The Balaban J connectivity index is 2.16. The summed E-state index contributed by atoms with van der Waals surface area (Å²) in [5.74, 6) is 0.111. The minimum absolute atomic E-state index is 0.0392. The lowest BCUT2D eigenvalue weighted by atomic mass is 10.1. The first kappa shape index (κ1) is 19.0. The predicted molar refractivity (Wildman–Crippen MR) is 89.3 cm³/mol. The van der Waals surface area contributed by atoms with E-state index in [0.29, 0.717) is 6.07 Å². The summed E-state index contributed by atoms with van der Waals surface area (Å²) in [5.41, 5.74) is -1.42. The van der Waals surface area contributed by atoms with Crippen LogP contribution >= 0.6 is 0 Å². The number of halogens is 3. The molecule has 0 aromatic heterocycles. The van der Waals surface area contributed by atoms with E-state index < -0.39 is 31.6 Å². The zero-order valence-electron chi connectivity index (χ0n) is 13.9. The van der Waals surface area contributed by atoms with E-state index in [2.05, 4.69) is 0 Å². The van der Waals surface area contributed by atoms with E-state index in [1.807, 2.05) is 0 Å². The Kier molecular flexibility index (Phi) is 4.50. The maximum atomic E-state index is 13.0. The van der Waals surface area contributed by atoms with E-state index in [-0.39, 0.29) is 35.8 Å². The second kappa shape index (κ2) is 6.41. The molecule has 0 unspecified atom stereocenters. The van der Waals surface area contributed by atoms with Crippen LogP contribution in [0.1, 0.15) is 11.1 Å². The van der Waals surface area contributed by atoms with Crippen LogP contribution in [-0.2, 0) is 16.2 Å². The number of benzene rings is 2. The van der Waals surface area contributed by atoms with Gasteiger partial charge in [0, 0.05) is 6.07 Å². The SMILES string of the molecule is Cc1c([N+](=O)[O-])ccc2c1N(S(=O)(=O)c1cccc(C(F)(F)F)c1)CCO2. The fourth-order valence-electron chi connectivity index (χ4n) is 2.84. The van der Waals surface area contributed by atoms with Crippen molar-refractivity contribution in [2.75, 3.05) is 17.5 Å². The summed E-state index contributed by atoms with van der Waals surface area (Å²) in [6, 6.07) is 5.81. The summed E-state index contributed by atoms with van der Waals surface area (Å²) >= 11 is 0. The number of hydrogen-bond donors (Lipinski definition) is 0. The molecule has 3 rings (SSSR count). The minimum Gasteiger partial charge on any atom is -0.489 e. The Morgan fingerprint density at radius 1 is 1.22 bits per heavy atom. The van der Waals surface area contributed by atoms with Crippen LogP contribution in [0.2, 0.25) is 0 Å². The molecular weight excluding hydrogens is 389 g/mol. The Hall–Kier alpha value is -2.82. The molecule has 0 fully saturated rings. The maximum absolute atomic E-state index is 13.0. The Morgan fingerprint density at radius 3 is 2.56 bits per heavy atom. The van der Waals surface area contributed by atoms with E-state index in [9.17, 15) is 31.7 Å². The van der Waals surface area contributed by atoms with Crippen LogP contribution in [0.25, 0.3) is 0 Å². The molecule has 0 spiro atoms. The molecule has 0 amide bonds. The van der Waals surface area contributed by atoms with E-state index in [1.165, 1.54) is 19.1 Å². The van der Waals surface area contributed by atoms with Crippen LogP contribution in [-0.4, -0.2) is 26.5 Å². The van der Waals surface area contributed by atoms with Crippen molar-refractivity contribution in [2.45, 2.75) is 18.0 Å². The standard InChI is InChI=1S/C16H13F3N2O5S/c1-10-13(21(22)23)5-6-14-15(10)20(7-8-26-14)27(24,25)12-4-2-3-11(9-12)16(17,18)19/h2-6,9H,7-8H2,1H3. The van der Waals surface area contributed by atoms with Crippen LogP contribution in [0.3, 0.4) is 0 Å². The zero-order chi connectivity index (χ0) is 20.0. The number of hydrogen-bond acceptors (Lipinski definition) is 5. The highest BCUT2D eigenvalue weighted by molar-refractivity contribution is 7.92. The quantitative estimate of drug-likeness (QED) is 0.579. The fourth-order valence-corrected chi connectivity index (χ4v) is 4.40. The van der Waals surface area contributed by atoms with Gasteiger partial charge >= 0.3 is 6.18 Å². The van der Waals surface area contributed by atoms with Gasteiger partial charge < -0.3 is 4.74 Å². The predicted octanol–water partition coefficient (Wildman–Crippen LogP) is 3.51. The van der Waals surface area contributed by atoms with Gasteiger partial charge in [-0.25, -0.2) is 8.42 Å². The number of nitro benzene ring substituents is 1. The van der Waals surface area contributed by atoms with Gasteiger partial charge in [0.05, 0.1) is 27.5 Å². The van der Waals surface area contributed by atoms with Crippen molar-refractivity contribution in [1.82, 2.24) is 0 Å². The van der Waals surface area contributed by atoms with Gasteiger partial charge in [-0.15, -0.1) is 0 Å². The number of nitro groups is 1. The summed E-state index contributed by atoms with van der Waals surface area (Å²) < 4.78 is 71.0. The molecule has 0 saturated carbocycles. The normalized spacial score (nSPS) is 14.4. The van der Waals surface area contributed by atoms with Gasteiger partial charge in [-0.2, -0.15) is 13.2 Å². The molecular formula is C16H13F3N2O5S. The molecule has 0 N–H and O–H groups in total. The van der Waals surface area contributed by atoms with Crippen molar-refractivity contribution in [3.8, 4) is 5.75 Å². The second-order valence-corrected chi connectivity index (χ2v) is 7.63. The highest BCUT2D eigenvalue weighted by Gasteiger charge is 2.36. The molecule has 0 atom stereocenters. The average molecular weight is 402 g/mol. The van der Waals surface area contributed by atoms with Crippen molar-refractivity contribution < 1.29 is 31.2 Å². The maximum Gasteiger partial charge on any atom is 0.416 e. The highest BCUT2D eigenvalue weighted by Crippen LogP contribution is 2.42. The number of alkyl halides is 3. The van der Waals surface area contributed by atoms with Gasteiger partial charge in [0.1, 0.15) is 18.0 Å². The molecule has 2 aromatic rings. The summed E-state index contributed by atoms with van der Waals surface area (Å²) in [4.78, 5) is 9.93. The van der Waals surface area contributed by atoms with Crippen molar-refractivity contribution in [2.24, 2.45) is 0 Å². The van der Waals surface area contributed by atoms with E-state index in [0.717, 1.165) is 22.5 Å². The number of rotatable bonds is 3. The average Bonchev–Trinajstić information content (AvgIpc) is 2.60. The van der Waals surface area contributed by atoms with E-state index in [1.54, 1.807) is 0 Å². The Bertz CT molecular complexity index is 1020. The first-order valence-corrected chi connectivity index (χ1v) is 9.08. The lowest BCUT2D eigenvalue weighted by molar-refractivity contribution is -0.385. The molecule has 11 heteroatoms. The van der Waals surface area contributed by atoms with Crippen molar-refractivity contribution in [3.05, 3.63) is 57.6 Å². The van der Waals surface area contributed by atoms with E-state index in [4.69, 9.17) is 4.74 Å². The van der Waals surface area contributed by atoms with Gasteiger partial charge in [-0.1, -0.05) is 6.07 Å². The summed E-state index contributed by atoms with van der Waals surface area (Å²) in [5, 5.41) is 11.2. The molecule has 1 aliphatic heterocycles. The molecule has 0 saturated heterocycles. The van der Waals surface area contributed by atoms with Gasteiger partial charge in [-0.05, 0) is 31.2 Å². The highest BCUT2D eigenvalue weighted by atomic mass is 32.2. The molecule has 1 aliphatic rings. The summed E-state index contributed by atoms with van der Waals surface area (Å²) in [7, 11) is -4.39. The fraction of sp³-hybridized carbons (Fsp3) is 0.250. The van der Waals surface area contributed by atoms with Gasteiger partial charge in [0.15, 0.2) is 0 Å². The summed E-state index contributed by atoms with van der Waals surface area (Å²) in [6.45, 7) is 1.14. The molecule has 1 heterocycles. The van der Waals surface area contributed by atoms with Gasteiger partial charge in [-0.3, -0.25) is 14.4 Å². The lowest BCUT2D eigenvalue weighted by Crippen LogP contribution is -2.38. The minimum atomic E-state index is -4.71. The molecule has 27 heavy (non-hydrogen) atoms. The van der Waals surface area contributed by atoms with Crippen LogP contribution in [0.4, 0.5) is 24.5 Å². The Morgan fingerprint density at radius 2 is 1.93 bits per heavy atom. The molecule has 144 valence electrons. The topological polar surface area (TPSA) is 89.8 Å². The number of anilines is 1. The lowest BCUT2D eigenvalue weighted by Gasteiger charge is -2.31. The van der Waals surface area contributed by atoms with Crippen LogP contribution in [0.15, 0.2) is 41.3 Å². The van der Waals surface area contributed by atoms with Gasteiger partial charge in [0.25, 0.3) is 15.7 Å². The van der Waals surface area contributed by atoms with E-state index >= 15 is 0 Å². The van der Waals surface area contributed by atoms with Crippen LogP contribution in [0.5, 0.6) is 5.75 Å². The second-order valence-electron chi connectivity index (χ2n) is 5.76. The monoisotopic (exact) mass is 402 g/mol. The third-order valence-electron chi connectivity index (χ3n) is 4.11. The van der Waals surface area contributed by atoms with Crippen LogP contribution < -0.4 is 9.04 Å². The molecule has 2 aromatic carbocycles.